The summed E-state index contributed by atoms with van der Waals surface area (Å²) < 4.78 is 6.76. The average Bonchev–Trinajstić information content (AvgIpc) is 2.70. The van der Waals surface area contributed by atoms with Crippen molar-refractivity contribution in [3.63, 3.8) is 0 Å². The van der Waals surface area contributed by atoms with Crippen LogP contribution in [0.3, 0.4) is 0 Å². The molecule has 0 saturated carbocycles. The van der Waals surface area contributed by atoms with Crippen molar-refractivity contribution in [3.8, 4) is 0 Å². The molecule has 0 saturated heterocycles. The predicted molar refractivity (Wildman–Crippen MR) is 75.3 cm³/mol. The zero-order chi connectivity index (χ0) is 14.9. The molecule has 108 valence electrons. The summed E-state index contributed by atoms with van der Waals surface area (Å²) >= 11 is 0. The van der Waals surface area contributed by atoms with Crippen LogP contribution in [0.15, 0.2) is 23.0 Å². The molecular formula is C14H18N2O4. The van der Waals surface area contributed by atoms with Crippen LogP contribution in [0.5, 0.6) is 0 Å². The van der Waals surface area contributed by atoms with Crippen LogP contribution in [0.1, 0.15) is 30.2 Å². The minimum atomic E-state index is -1.01. The Hall–Kier alpha value is -2.08. The highest BCUT2D eigenvalue weighted by molar-refractivity contribution is 5.92. The first kappa shape index (κ1) is 14.3. The van der Waals surface area contributed by atoms with Crippen molar-refractivity contribution in [3.05, 3.63) is 34.2 Å². The number of carboxylic acids is 1. The number of aromatic carboxylic acids is 1. The van der Waals surface area contributed by atoms with E-state index in [-0.39, 0.29) is 23.2 Å². The van der Waals surface area contributed by atoms with Crippen molar-refractivity contribution in [1.29, 1.82) is 0 Å². The maximum Gasteiger partial charge on any atom is 0.335 e. The van der Waals surface area contributed by atoms with Gasteiger partial charge in [-0.15, -0.1) is 0 Å². The van der Waals surface area contributed by atoms with Crippen LogP contribution in [0.2, 0.25) is 0 Å². The van der Waals surface area contributed by atoms with E-state index in [1.807, 2.05) is 13.8 Å². The molecule has 0 radical (unpaired) electrons. The van der Waals surface area contributed by atoms with Gasteiger partial charge in [-0.3, -0.25) is 4.57 Å². The monoisotopic (exact) mass is 278 g/mol. The van der Waals surface area contributed by atoms with E-state index in [9.17, 15) is 9.59 Å². The number of ether oxygens (including phenoxy) is 1. The molecule has 1 unspecified atom stereocenters. The molecule has 0 fully saturated rings. The number of methoxy groups -OCH3 is 1. The molecule has 0 aliphatic rings. The third-order valence-electron chi connectivity index (χ3n) is 3.40. The summed E-state index contributed by atoms with van der Waals surface area (Å²) in [4.78, 5) is 26.0. The average molecular weight is 278 g/mol. The van der Waals surface area contributed by atoms with E-state index in [0.29, 0.717) is 17.6 Å². The number of imidazole rings is 1. The SMILES string of the molecule is COCC(C(C)C)n1c(=O)[nH]c2ccc(C(=O)O)cc21. The van der Waals surface area contributed by atoms with Crippen LogP contribution in [0, 0.1) is 5.92 Å². The number of aromatic amines is 1. The molecule has 20 heavy (non-hydrogen) atoms. The number of carboxylic acid groups (broad SMARTS) is 1. The molecule has 6 nitrogen and oxygen atoms in total. The van der Waals surface area contributed by atoms with Gasteiger partial charge in [0.15, 0.2) is 0 Å². The second-order valence-corrected chi connectivity index (χ2v) is 5.10. The molecule has 0 amide bonds. The summed E-state index contributed by atoms with van der Waals surface area (Å²) in [7, 11) is 1.58. The standard InChI is InChI=1S/C14H18N2O4/c1-8(2)12(7-20-3)16-11-6-9(13(17)18)4-5-10(11)15-14(16)19/h4-6,8,12H,7H2,1-3H3,(H,15,19)(H,17,18). The molecule has 0 aliphatic heterocycles. The van der Waals surface area contributed by atoms with E-state index in [4.69, 9.17) is 9.84 Å². The van der Waals surface area contributed by atoms with Gasteiger partial charge < -0.3 is 14.8 Å². The smallest absolute Gasteiger partial charge is 0.335 e. The molecule has 1 heterocycles. The first-order valence-electron chi connectivity index (χ1n) is 6.42. The van der Waals surface area contributed by atoms with Gasteiger partial charge in [0.25, 0.3) is 0 Å². The Morgan fingerprint density at radius 3 is 2.70 bits per heavy atom. The molecular weight excluding hydrogens is 260 g/mol. The largest absolute Gasteiger partial charge is 0.478 e. The zero-order valence-electron chi connectivity index (χ0n) is 11.7. The summed E-state index contributed by atoms with van der Waals surface area (Å²) in [6, 6.07) is 4.46. The van der Waals surface area contributed by atoms with Crippen LogP contribution >= 0.6 is 0 Å². The summed E-state index contributed by atoms with van der Waals surface area (Å²) in [6.07, 6.45) is 0. The Balaban J connectivity index is 2.67. The van der Waals surface area contributed by atoms with Gasteiger partial charge in [-0.2, -0.15) is 0 Å². The first-order valence-corrected chi connectivity index (χ1v) is 6.42. The Bertz CT molecular complexity index is 684. The van der Waals surface area contributed by atoms with Gasteiger partial charge in [-0.05, 0) is 24.1 Å². The second kappa shape index (κ2) is 5.50. The molecule has 6 heteroatoms. The lowest BCUT2D eigenvalue weighted by Gasteiger charge is -2.21. The Morgan fingerprint density at radius 2 is 2.15 bits per heavy atom. The highest BCUT2D eigenvalue weighted by atomic mass is 16.5. The molecule has 0 bridgehead atoms. The van der Waals surface area contributed by atoms with E-state index in [2.05, 4.69) is 4.98 Å². The second-order valence-electron chi connectivity index (χ2n) is 5.10. The van der Waals surface area contributed by atoms with Crippen LogP contribution in [-0.2, 0) is 4.74 Å². The molecule has 1 aromatic heterocycles. The van der Waals surface area contributed by atoms with Crippen molar-refractivity contribution < 1.29 is 14.6 Å². The normalized spacial score (nSPS) is 13.0. The van der Waals surface area contributed by atoms with Gasteiger partial charge in [0.2, 0.25) is 0 Å². The van der Waals surface area contributed by atoms with E-state index < -0.39 is 5.97 Å². The van der Waals surface area contributed by atoms with E-state index in [1.54, 1.807) is 17.7 Å². The van der Waals surface area contributed by atoms with Crippen LogP contribution < -0.4 is 5.69 Å². The third-order valence-corrected chi connectivity index (χ3v) is 3.40. The van der Waals surface area contributed by atoms with Gasteiger partial charge in [0, 0.05) is 7.11 Å². The first-order chi connectivity index (χ1) is 9.45. The van der Waals surface area contributed by atoms with Crippen LogP contribution in [0.25, 0.3) is 11.0 Å². The minimum absolute atomic E-state index is 0.148. The highest BCUT2D eigenvalue weighted by Gasteiger charge is 2.21. The molecule has 0 spiro atoms. The maximum atomic E-state index is 12.1. The fourth-order valence-electron chi connectivity index (χ4n) is 2.32. The van der Waals surface area contributed by atoms with Crippen molar-refractivity contribution >= 4 is 17.0 Å². The van der Waals surface area contributed by atoms with Crippen molar-refractivity contribution in [2.75, 3.05) is 13.7 Å². The Labute approximate surface area is 116 Å². The number of benzene rings is 1. The van der Waals surface area contributed by atoms with Crippen LogP contribution in [-0.4, -0.2) is 34.3 Å². The van der Waals surface area contributed by atoms with Crippen molar-refractivity contribution in [2.24, 2.45) is 5.92 Å². The maximum absolute atomic E-state index is 12.1. The topological polar surface area (TPSA) is 84.3 Å². The molecule has 2 aromatic rings. The molecule has 2 rings (SSSR count). The minimum Gasteiger partial charge on any atom is -0.478 e. The van der Waals surface area contributed by atoms with E-state index in [0.717, 1.165) is 0 Å². The number of hydrogen-bond acceptors (Lipinski definition) is 3. The molecule has 0 aliphatic carbocycles. The quantitative estimate of drug-likeness (QED) is 0.874. The third kappa shape index (κ3) is 2.46. The summed E-state index contributed by atoms with van der Waals surface area (Å²) in [5.41, 5.74) is 1.12. The summed E-state index contributed by atoms with van der Waals surface area (Å²) in [6.45, 7) is 4.38. The number of fused-ring (bicyclic) bond motifs is 1. The Morgan fingerprint density at radius 1 is 1.45 bits per heavy atom. The number of nitrogens with zero attached hydrogens (tertiary/aromatic N) is 1. The van der Waals surface area contributed by atoms with Crippen molar-refractivity contribution in [2.45, 2.75) is 19.9 Å². The molecule has 1 aromatic carbocycles. The highest BCUT2D eigenvalue weighted by Crippen LogP contribution is 2.22. The fourth-order valence-corrected chi connectivity index (χ4v) is 2.32. The number of carbonyl (C=O) groups is 1. The number of H-pyrrole nitrogens is 1. The van der Waals surface area contributed by atoms with Crippen molar-refractivity contribution in [1.82, 2.24) is 9.55 Å². The van der Waals surface area contributed by atoms with Gasteiger partial charge in [-0.1, -0.05) is 13.8 Å². The van der Waals surface area contributed by atoms with Crippen LogP contribution in [0.4, 0.5) is 0 Å². The number of nitrogens with one attached hydrogen (secondary N) is 1. The lowest BCUT2D eigenvalue weighted by atomic mass is 10.0. The van der Waals surface area contributed by atoms with Gasteiger partial charge in [-0.25, -0.2) is 9.59 Å². The summed E-state index contributed by atoms with van der Waals surface area (Å²) in [5, 5.41) is 9.07. The summed E-state index contributed by atoms with van der Waals surface area (Å²) in [5.74, 6) is -0.833. The lowest BCUT2D eigenvalue weighted by Crippen LogP contribution is -2.29. The Kier molecular flexibility index (Phi) is 3.94. The molecule has 1 atom stereocenters. The zero-order valence-corrected chi connectivity index (χ0v) is 11.7. The fraction of sp³-hybridized carbons (Fsp3) is 0.429. The van der Waals surface area contributed by atoms with Gasteiger partial charge in [0.05, 0.1) is 29.2 Å². The van der Waals surface area contributed by atoms with Gasteiger partial charge in [0.1, 0.15) is 0 Å². The predicted octanol–water partition coefficient (Wildman–Crippen LogP) is 1.87. The lowest BCUT2D eigenvalue weighted by molar-refractivity contribution is 0.0697. The van der Waals surface area contributed by atoms with Gasteiger partial charge >= 0.3 is 11.7 Å². The van der Waals surface area contributed by atoms with E-state index in [1.165, 1.54) is 12.1 Å². The van der Waals surface area contributed by atoms with E-state index >= 15 is 0 Å². The number of hydrogen-bond donors (Lipinski definition) is 2. The molecule has 2 N–H and O–H groups in total. The number of aromatic nitrogens is 2. The number of rotatable bonds is 5.